The number of amides is 1. The van der Waals surface area contributed by atoms with Crippen molar-refractivity contribution in [3.63, 3.8) is 0 Å². The molecule has 0 aromatic carbocycles. The van der Waals surface area contributed by atoms with Crippen LogP contribution in [0.4, 0.5) is 5.95 Å². The molecule has 0 unspecified atom stereocenters. The van der Waals surface area contributed by atoms with E-state index >= 15 is 0 Å². The topological polar surface area (TPSA) is 67.2 Å². The summed E-state index contributed by atoms with van der Waals surface area (Å²) in [7, 11) is 7.40. The van der Waals surface area contributed by atoms with Crippen molar-refractivity contribution >= 4 is 11.9 Å². The molecule has 2 heterocycles. The normalized spacial score (nSPS) is 10.7. The maximum absolute atomic E-state index is 12.7. The van der Waals surface area contributed by atoms with Gasteiger partial charge in [0.25, 0.3) is 5.91 Å². The Bertz CT molecular complexity index is 734. The molecule has 0 bridgehead atoms. The molecular formula is C16H24N6O. The summed E-state index contributed by atoms with van der Waals surface area (Å²) in [6.07, 6.45) is 0. The van der Waals surface area contributed by atoms with Gasteiger partial charge in [-0.25, -0.2) is 9.97 Å². The van der Waals surface area contributed by atoms with Gasteiger partial charge in [0.15, 0.2) is 0 Å². The van der Waals surface area contributed by atoms with E-state index in [1.165, 1.54) is 0 Å². The van der Waals surface area contributed by atoms with Gasteiger partial charge in [0.1, 0.15) is 5.69 Å². The molecule has 2 rings (SSSR count). The van der Waals surface area contributed by atoms with Crippen LogP contribution in [0.1, 0.15) is 33.1 Å². The van der Waals surface area contributed by atoms with Gasteiger partial charge < -0.3 is 9.80 Å². The Labute approximate surface area is 137 Å². The minimum Gasteiger partial charge on any atom is -0.347 e. The van der Waals surface area contributed by atoms with E-state index in [1.807, 2.05) is 46.6 Å². The third-order valence-corrected chi connectivity index (χ3v) is 3.86. The van der Waals surface area contributed by atoms with E-state index in [1.54, 1.807) is 22.9 Å². The first kappa shape index (κ1) is 16.9. The van der Waals surface area contributed by atoms with Crippen molar-refractivity contribution in [2.75, 3.05) is 26.0 Å². The zero-order valence-corrected chi connectivity index (χ0v) is 14.9. The fraction of sp³-hybridized carbons (Fsp3) is 0.500. The van der Waals surface area contributed by atoms with Crippen LogP contribution in [0.2, 0.25) is 0 Å². The van der Waals surface area contributed by atoms with E-state index in [9.17, 15) is 4.79 Å². The number of anilines is 1. The van der Waals surface area contributed by atoms with Crippen molar-refractivity contribution in [3.05, 3.63) is 34.4 Å². The first-order valence-corrected chi connectivity index (χ1v) is 7.48. The molecule has 0 aliphatic rings. The molecule has 0 aliphatic carbocycles. The maximum Gasteiger partial charge on any atom is 0.272 e. The van der Waals surface area contributed by atoms with Crippen LogP contribution in [0, 0.1) is 20.8 Å². The van der Waals surface area contributed by atoms with Crippen molar-refractivity contribution in [2.24, 2.45) is 7.05 Å². The largest absolute Gasteiger partial charge is 0.347 e. The summed E-state index contributed by atoms with van der Waals surface area (Å²) in [5.41, 5.74) is 4.26. The van der Waals surface area contributed by atoms with Crippen LogP contribution in [-0.2, 0) is 13.6 Å². The fourth-order valence-corrected chi connectivity index (χ4v) is 2.41. The lowest BCUT2D eigenvalue weighted by Gasteiger charge is -2.18. The molecule has 124 valence electrons. The molecule has 7 nitrogen and oxygen atoms in total. The summed E-state index contributed by atoms with van der Waals surface area (Å²) in [6.45, 7) is 6.33. The van der Waals surface area contributed by atoms with Gasteiger partial charge in [-0.1, -0.05) is 0 Å². The molecule has 1 amide bonds. The van der Waals surface area contributed by atoms with Crippen LogP contribution in [-0.4, -0.2) is 51.7 Å². The molecule has 0 radical (unpaired) electrons. The fourth-order valence-electron chi connectivity index (χ4n) is 2.41. The molecule has 0 atom stereocenters. The average molecular weight is 316 g/mol. The number of nitrogens with zero attached hydrogens (tertiary/aromatic N) is 6. The molecule has 0 saturated heterocycles. The quantitative estimate of drug-likeness (QED) is 0.854. The molecular weight excluding hydrogens is 292 g/mol. The predicted octanol–water partition coefficient (Wildman–Crippen LogP) is 1.47. The molecule has 2 aromatic rings. The lowest BCUT2D eigenvalue weighted by Crippen LogP contribution is -2.28. The Kier molecular flexibility index (Phi) is 4.68. The number of aryl methyl sites for hydroxylation is 3. The lowest BCUT2D eigenvalue weighted by atomic mass is 10.2. The highest BCUT2D eigenvalue weighted by Crippen LogP contribution is 2.16. The SMILES string of the molecule is Cc1cc(C(=O)N(C)Cc2c(C)nn(C)c2C)nc(N(C)C)n1. The zero-order chi connectivity index (χ0) is 17.3. The Balaban J connectivity index is 2.26. The summed E-state index contributed by atoms with van der Waals surface area (Å²) in [5.74, 6) is 0.414. The van der Waals surface area contributed by atoms with Crippen molar-refractivity contribution < 1.29 is 4.79 Å². The number of hydrogen-bond acceptors (Lipinski definition) is 5. The summed E-state index contributed by atoms with van der Waals surface area (Å²) >= 11 is 0. The minimum absolute atomic E-state index is 0.124. The molecule has 0 aliphatic heterocycles. The molecule has 2 aromatic heterocycles. The number of rotatable bonds is 4. The van der Waals surface area contributed by atoms with Gasteiger partial charge in [-0.15, -0.1) is 0 Å². The lowest BCUT2D eigenvalue weighted by molar-refractivity contribution is 0.0778. The summed E-state index contributed by atoms with van der Waals surface area (Å²) in [5, 5.41) is 4.39. The number of hydrogen-bond donors (Lipinski definition) is 0. The van der Waals surface area contributed by atoms with Gasteiger partial charge in [-0.3, -0.25) is 9.48 Å². The molecule has 0 spiro atoms. The highest BCUT2D eigenvalue weighted by atomic mass is 16.2. The molecule has 0 saturated carbocycles. The van der Waals surface area contributed by atoms with Crippen LogP contribution in [0.3, 0.4) is 0 Å². The van der Waals surface area contributed by atoms with E-state index in [2.05, 4.69) is 15.1 Å². The zero-order valence-electron chi connectivity index (χ0n) is 14.9. The summed E-state index contributed by atoms with van der Waals surface area (Å²) in [4.78, 5) is 24.8. The second-order valence-corrected chi connectivity index (χ2v) is 6.02. The Hall–Kier alpha value is -2.44. The maximum atomic E-state index is 12.7. The van der Waals surface area contributed by atoms with Gasteiger partial charge in [0, 0.05) is 51.7 Å². The average Bonchev–Trinajstić information content (AvgIpc) is 2.72. The molecule has 23 heavy (non-hydrogen) atoms. The predicted molar refractivity (Wildman–Crippen MR) is 89.6 cm³/mol. The first-order valence-electron chi connectivity index (χ1n) is 7.48. The van der Waals surface area contributed by atoms with Gasteiger partial charge in [0.05, 0.1) is 5.69 Å². The second-order valence-electron chi connectivity index (χ2n) is 6.02. The number of carbonyl (C=O) groups excluding carboxylic acids is 1. The summed E-state index contributed by atoms with van der Waals surface area (Å²) < 4.78 is 1.84. The van der Waals surface area contributed by atoms with E-state index in [-0.39, 0.29) is 5.91 Å². The first-order chi connectivity index (χ1) is 10.7. The Morgan fingerprint density at radius 1 is 1.17 bits per heavy atom. The van der Waals surface area contributed by atoms with Crippen molar-refractivity contribution in [3.8, 4) is 0 Å². The van der Waals surface area contributed by atoms with Gasteiger partial charge >= 0.3 is 0 Å². The van der Waals surface area contributed by atoms with Crippen LogP contribution < -0.4 is 4.90 Å². The van der Waals surface area contributed by atoms with E-state index in [4.69, 9.17) is 0 Å². The third-order valence-electron chi connectivity index (χ3n) is 3.86. The van der Waals surface area contributed by atoms with E-state index < -0.39 is 0 Å². The van der Waals surface area contributed by atoms with Gasteiger partial charge in [0.2, 0.25) is 5.95 Å². The Morgan fingerprint density at radius 3 is 2.35 bits per heavy atom. The van der Waals surface area contributed by atoms with Crippen molar-refractivity contribution in [1.82, 2.24) is 24.6 Å². The van der Waals surface area contributed by atoms with Crippen LogP contribution >= 0.6 is 0 Å². The van der Waals surface area contributed by atoms with Crippen LogP contribution in [0.15, 0.2) is 6.07 Å². The molecule has 7 heteroatoms. The van der Waals surface area contributed by atoms with Crippen molar-refractivity contribution in [1.29, 1.82) is 0 Å². The Morgan fingerprint density at radius 2 is 1.83 bits per heavy atom. The van der Waals surface area contributed by atoms with E-state index in [0.717, 1.165) is 22.6 Å². The highest BCUT2D eigenvalue weighted by Gasteiger charge is 2.19. The monoisotopic (exact) mass is 316 g/mol. The second kappa shape index (κ2) is 6.36. The highest BCUT2D eigenvalue weighted by molar-refractivity contribution is 5.92. The standard InChI is InChI=1S/C16H24N6O/c1-10-8-14(18-16(17-10)20(4)5)15(23)21(6)9-13-11(2)19-22(7)12(13)3/h8H,9H2,1-7H3. The van der Waals surface area contributed by atoms with E-state index in [0.29, 0.717) is 18.2 Å². The minimum atomic E-state index is -0.124. The summed E-state index contributed by atoms with van der Waals surface area (Å²) in [6, 6.07) is 1.72. The van der Waals surface area contributed by atoms with Crippen LogP contribution in [0.5, 0.6) is 0 Å². The molecule has 0 N–H and O–H groups in total. The smallest absolute Gasteiger partial charge is 0.272 e. The molecule has 0 fully saturated rings. The van der Waals surface area contributed by atoms with Crippen LogP contribution in [0.25, 0.3) is 0 Å². The van der Waals surface area contributed by atoms with Gasteiger partial charge in [-0.05, 0) is 26.8 Å². The third kappa shape index (κ3) is 3.49. The van der Waals surface area contributed by atoms with Gasteiger partial charge in [-0.2, -0.15) is 5.10 Å². The van der Waals surface area contributed by atoms with Crippen molar-refractivity contribution in [2.45, 2.75) is 27.3 Å². The number of aromatic nitrogens is 4. The number of carbonyl (C=O) groups is 1.